The van der Waals surface area contributed by atoms with Crippen LogP contribution in [-0.4, -0.2) is 38.2 Å². The normalized spacial score (nSPS) is 12.6. The first-order valence-corrected chi connectivity index (χ1v) is 9.47. The maximum atomic E-state index is 12.2. The molecule has 0 heterocycles. The number of hydrogen-bond acceptors (Lipinski definition) is 4. The Hall–Kier alpha value is -0.710. The molecule has 0 saturated heterocycles. The summed E-state index contributed by atoms with van der Waals surface area (Å²) in [5, 5.41) is 8.97. The first kappa shape index (κ1) is 18.3. The second-order valence-corrected chi connectivity index (χ2v) is 7.74. The maximum absolute atomic E-state index is 12.2. The highest BCUT2D eigenvalue weighted by molar-refractivity contribution is 7.99. The van der Waals surface area contributed by atoms with E-state index in [1.807, 2.05) is 13.2 Å². The molecule has 0 aliphatic rings. The van der Waals surface area contributed by atoms with Crippen molar-refractivity contribution in [1.82, 2.24) is 4.72 Å². The fourth-order valence-corrected chi connectivity index (χ4v) is 3.43. The lowest BCUT2D eigenvalue weighted by molar-refractivity contribution is 0.305. The van der Waals surface area contributed by atoms with E-state index in [9.17, 15) is 8.42 Å². The third-order valence-electron chi connectivity index (χ3n) is 2.65. The number of sulfonamides is 1. The summed E-state index contributed by atoms with van der Waals surface area (Å²) in [5.41, 5.74) is 0.616. The molecule has 2 N–H and O–H groups in total. The van der Waals surface area contributed by atoms with Gasteiger partial charge in [0.1, 0.15) is 4.90 Å². The predicted octanol–water partition coefficient (Wildman–Crippen LogP) is 2.10. The molecule has 0 fully saturated rings. The molecule has 0 saturated carbocycles. The Balaban J connectivity index is 2.91. The van der Waals surface area contributed by atoms with Crippen molar-refractivity contribution in [2.45, 2.75) is 23.5 Å². The molecule has 0 aliphatic carbocycles. The number of halogens is 1. The first-order valence-electron chi connectivity index (χ1n) is 6.32. The Morgan fingerprint density at radius 3 is 2.76 bits per heavy atom. The van der Waals surface area contributed by atoms with E-state index in [0.29, 0.717) is 18.5 Å². The number of rotatable bonds is 6. The van der Waals surface area contributed by atoms with Crippen molar-refractivity contribution in [2.75, 3.05) is 19.4 Å². The van der Waals surface area contributed by atoms with Crippen molar-refractivity contribution < 1.29 is 13.5 Å². The van der Waals surface area contributed by atoms with E-state index in [4.69, 9.17) is 16.7 Å². The molecule has 1 aromatic rings. The summed E-state index contributed by atoms with van der Waals surface area (Å²) in [5.74, 6) is 5.57. The second-order valence-electron chi connectivity index (χ2n) is 4.32. The maximum Gasteiger partial charge on any atom is 0.242 e. The second kappa shape index (κ2) is 8.66. The van der Waals surface area contributed by atoms with Gasteiger partial charge in [-0.2, -0.15) is 11.8 Å². The Kier molecular flexibility index (Phi) is 7.57. The van der Waals surface area contributed by atoms with Crippen molar-refractivity contribution in [3.63, 3.8) is 0 Å². The summed E-state index contributed by atoms with van der Waals surface area (Å²) in [7, 11) is -3.62. The van der Waals surface area contributed by atoms with Crippen LogP contribution in [-0.2, 0) is 10.0 Å². The van der Waals surface area contributed by atoms with Crippen LogP contribution in [0.3, 0.4) is 0 Å². The highest BCUT2D eigenvalue weighted by Crippen LogP contribution is 2.22. The van der Waals surface area contributed by atoms with Gasteiger partial charge in [-0.3, -0.25) is 0 Å². The molecule has 0 aromatic heterocycles. The van der Waals surface area contributed by atoms with Crippen LogP contribution >= 0.6 is 23.4 Å². The van der Waals surface area contributed by atoms with Crippen LogP contribution in [0.5, 0.6) is 0 Å². The molecular formula is C14H18ClNO3S2. The van der Waals surface area contributed by atoms with Crippen molar-refractivity contribution in [1.29, 1.82) is 0 Å². The quantitative estimate of drug-likeness (QED) is 0.773. The molecule has 4 nitrogen and oxygen atoms in total. The van der Waals surface area contributed by atoms with Gasteiger partial charge in [0.15, 0.2) is 0 Å². The minimum atomic E-state index is -3.62. The van der Waals surface area contributed by atoms with Crippen molar-refractivity contribution >= 4 is 33.4 Å². The molecule has 0 amide bonds. The summed E-state index contributed by atoms with van der Waals surface area (Å²) in [4.78, 5) is 0.0465. The molecule has 0 bridgehead atoms. The lowest BCUT2D eigenvalue weighted by Crippen LogP contribution is -2.29. The number of benzene rings is 1. The summed E-state index contributed by atoms with van der Waals surface area (Å²) < 4.78 is 26.9. The van der Waals surface area contributed by atoms with Gasteiger partial charge in [-0.1, -0.05) is 30.4 Å². The van der Waals surface area contributed by atoms with Gasteiger partial charge in [0.2, 0.25) is 10.0 Å². The lowest BCUT2D eigenvalue weighted by Gasteiger charge is -2.11. The Bertz CT molecular complexity index is 635. The summed E-state index contributed by atoms with van der Waals surface area (Å²) in [6, 6.07) is 4.55. The van der Waals surface area contributed by atoms with E-state index in [1.165, 1.54) is 12.1 Å². The molecular weight excluding hydrogens is 330 g/mol. The molecule has 0 radical (unpaired) electrons. The summed E-state index contributed by atoms with van der Waals surface area (Å²) in [6.07, 6.45) is 2.29. The monoisotopic (exact) mass is 347 g/mol. The van der Waals surface area contributed by atoms with Crippen LogP contribution in [0.15, 0.2) is 23.1 Å². The highest BCUT2D eigenvalue weighted by atomic mass is 35.5. The minimum absolute atomic E-state index is 0.00919. The molecule has 21 heavy (non-hydrogen) atoms. The summed E-state index contributed by atoms with van der Waals surface area (Å²) in [6.45, 7) is 2.28. The van der Waals surface area contributed by atoms with Crippen molar-refractivity contribution in [3.05, 3.63) is 28.8 Å². The van der Waals surface area contributed by atoms with Gasteiger partial charge in [0, 0.05) is 23.8 Å². The topological polar surface area (TPSA) is 66.4 Å². The van der Waals surface area contributed by atoms with Crippen LogP contribution in [0.4, 0.5) is 0 Å². The Morgan fingerprint density at radius 2 is 2.19 bits per heavy atom. The largest absolute Gasteiger partial charge is 0.395 e. The van der Waals surface area contributed by atoms with Crippen LogP contribution in [0.25, 0.3) is 0 Å². The Labute approximate surface area is 135 Å². The van der Waals surface area contributed by atoms with E-state index >= 15 is 0 Å². The zero-order valence-electron chi connectivity index (χ0n) is 11.9. The van der Waals surface area contributed by atoms with Gasteiger partial charge in [0.05, 0.1) is 11.6 Å². The Morgan fingerprint density at radius 1 is 1.48 bits per heavy atom. The van der Waals surface area contributed by atoms with Gasteiger partial charge in [-0.15, -0.1) is 0 Å². The van der Waals surface area contributed by atoms with Crippen LogP contribution in [0.1, 0.15) is 18.9 Å². The predicted molar refractivity (Wildman–Crippen MR) is 88.2 cm³/mol. The van der Waals surface area contributed by atoms with Gasteiger partial charge in [0.25, 0.3) is 0 Å². The molecule has 1 unspecified atom stereocenters. The number of aliphatic hydroxyl groups excluding tert-OH is 1. The van der Waals surface area contributed by atoms with Gasteiger partial charge < -0.3 is 5.11 Å². The molecule has 0 aliphatic heterocycles. The van der Waals surface area contributed by atoms with E-state index in [1.54, 1.807) is 17.8 Å². The van der Waals surface area contributed by atoms with E-state index < -0.39 is 10.0 Å². The summed E-state index contributed by atoms with van der Waals surface area (Å²) >= 11 is 7.61. The minimum Gasteiger partial charge on any atom is -0.395 e. The molecule has 116 valence electrons. The van der Waals surface area contributed by atoms with Crippen molar-refractivity contribution in [3.8, 4) is 11.8 Å². The molecule has 1 aromatic carbocycles. The van der Waals surface area contributed by atoms with Gasteiger partial charge >= 0.3 is 0 Å². The van der Waals surface area contributed by atoms with Crippen LogP contribution in [0.2, 0.25) is 5.02 Å². The zero-order chi connectivity index (χ0) is 15.9. The van der Waals surface area contributed by atoms with E-state index in [-0.39, 0.29) is 21.8 Å². The third kappa shape index (κ3) is 5.89. The van der Waals surface area contributed by atoms with E-state index in [2.05, 4.69) is 16.6 Å². The molecule has 1 rings (SSSR count). The number of hydrogen-bond donors (Lipinski definition) is 2. The standard InChI is InChI=1S/C14H18ClNO3S2/c1-11(20-2)10-16-21(18,19)14-7-6-12(9-13(14)15)5-3-4-8-17/h6-7,9,11,16-17H,4,8,10H2,1-2H3. The first-order chi connectivity index (χ1) is 9.90. The average Bonchev–Trinajstić information content (AvgIpc) is 2.45. The zero-order valence-corrected chi connectivity index (χ0v) is 14.3. The van der Waals surface area contributed by atoms with E-state index in [0.717, 1.165) is 0 Å². The molecule has 1 atom stereocenters. The SMILES string of the molecule is CSC(C)CNS(=O)(=O)c1ccc(C#CCCO)cc1Cl. The van der Waals surface area contributed by atoms with Crippen molar-refractivity contribution in [2.24, 2.45) is 0 Å². The highest BCUT2D eigenvalue weighted by Gasteiger charge is 2.18. The number of aliphatic hydroxyl groups is 1. The third-order valence-corrected chi connectivity index (χ3v) is 5.53. The fraction of sp³-hybridized carbons (Fsp3) is 0.429. The molecule has 0 spiro atoms. The van der Waals surface area contributed by atoms with Crippen LogP contribution < -0.4 is 4.72 Å². The lowest BCUT2D eigenvalue weighted by atomic mass is 10.2. The van der Waals surface area contributed by atoms with Crippen LogP contribution in [0, 0.1) is 11.8 Å². The number of nitrogens with one attached hydrogen (secondary N) is 1. The fourth-order valence-electron chi connectivity index (χ4n) is 1.41. The van der Waals surface area contributed by atoms with Gasteiger partial charge in [-0.25, -0.2) is 13.1 Å². The average molecular weight is 348 g/mol. The number of thioether (sulfide) groups is 1. The molecule has 7 heteroatoms. The van der Waals surface area contributed by atoms with Gasteiger partial charge in [-0.05, 0) is 24.5 Å². The smallest absolute Gasteiger partial charge is 0.242 e.